The van der Waals surface area contributed by atoms with Crippen molar-refractivity contribution < 1.29 is 41.4 Å². The van der Waals surface area contributed by atoms with Gasteiger partial charge < -0.3 is 33.0 Å². The van der Waals surface area contributed by atoms with Crippen molar-refractivity contribution in [3.8, 4) is 5.75 Å². The van der Waals surface area contributed by atoms with E-state index in [-0.39, 0.29) is 24.4 Å². The molecule has 0 saturated heterocycles. The summed E-state index contributed by atoms with van der Waals surface area (Å²) in [6.07, 6.45) is 3.65. The Hall–Kier alpha value is -1.69. The second-order valence-corrected chi connectivity index (χ2v) is 9.19. The Balaban J connectivity index is 2.25. The van der Waals surface area contributed by atoms with Gasteiger partial charge in [-0.3, -0.25) is 0 Å². The molecule has 0 radical (unpaired) electrons. The molecule has 2 unspecified atom stereocenters. The molecule has 0 spiro atoms. The maximum atomic E-state index is 10.6. The first-order valence-corrected chi connectivity index (χ1v) is 13.2. The monoisotopic (exact) mass is 503 g/mol. The van der Waals surface area contributed by atoms with Crippen LogP contribution >= 0.6 is 0 Å². The molecule has 0 amide bonds. The van der Waals surface area contributed by atoms with Gasteiger partial charge in [-0.25, -0.2) is 8.42 Å². The van der Waals surface area contributed by atoms with Crippen molar-refractivity contribution in [1.29, 1.82) is 0 Å². The van der Waals surface area contributed by atoms with E-state index in [1.54, 1.807) is 0 Å². The minimum Gasteiger partial charge on any atom is -0.748 e. The van der Waals surface area contributed by atoms with Crippen LogP contribution in [0.1, 0.15) is 32.6 Å². The zero-order valence-corrected chi connectivity index (χ0v) is 20.9. The first kappa shape index (κ1) is 30.3. The number of para-hydroxylation sites is 1. The third-order valence-electron chi connectivity index (χ3n) is 4.53. The Labute approximate surface area is 204 Å². The SMILES string of the molecule is C=COCCCCOCC(C)OCC(COc1ccccc1)OCCOCCCCS(=O)(=O)[O-]. The molecule has 0 aliphatic rings. The van der Waals surface area contributed by atoms with Gasteiger partial charge in [0.2, 0.25) is 0 Å². The van der Waals surface area contributed by atoms with Gasteiger partial charge in [-0.15, -0.1) is 0 Å². The molecule has 1 rings (SSSR count). The normalized spacial score (nSPS) is 13.4. The summed E-state index contributed by atoms with van der Waals surface area (Å²) in [6, 6.07) is 9.47. The third-order valence-corrected chi connectivity index (χ3v) is 5.32. The summed E-state index contributed by atoms with van der Waals surface area (Å²) >= 11 is 0. The van der Waals surface area contributed by atoms with E-state index < -0.39 is 10.1 Å². The summed E-state index contributed by atoms with van der Waals surface area (Å²) in [7, 11) is -4.16. The number of hydrogen-bond acceptors (Lipinski definition) is 9. The molecule has 0 bridgehead atoms. The highest BCUT2D eigenvalue weighted by Crippen LogP contribution is 2.10. The van der Waals surface area contributed by atoms with Crippen LogP contribution in [0.4, 0.5) is 0 Å². The number of unbranched alkanes of at least 4 members (excludes halogenated alkanes) is 2. The third kappa shape index (κ3) is 18.7. The van der Waals surface area contributed by atoms with E-state index >= 15 is 0 Å². The van der Waals surface area contributed by atoms with Crippen LogP contribution in [0.15, 0.2) is 43.2 Å². The fraction of sp³-hybridized carbons (Fsp3) is 0.667. The van der Waals surface area contributed by atoms with E-state index in [9.17, 15) is 13.0 Å². The Morgan fingerprint density at radius 2 is 1.59 bits per heavy atom. The Bertz CT molecular complexity index is 712. The second kappa shape index (κ2) is 19.6. The molecule has 1 aromatic carbocycles. The van der Waals surface area contributed by atoms with Crippen LogP contribution in [0, 0.1) is 0 Å². The van der Waals surface area contributed by atoms with E-state index in [0.717, 1.165) is 18.6 Å². The molecule has 0 saturated carbocycles. The second-order valence-electron chi connectivity index (χ2n) is 7.66. The number of ether oxygens (including phenoxy) is 6. The predicted molar refractivity (Wildman–Crippen MR) is 128 cm³/mol. The van der Waals surface area contributed by atoms with Crippen molar-refractivity contribution in [2.75, 3.05) is 58.6 Å². The minimum atomic E-state index is -4.16. The molecule has 196 valence electrons. The fourth-order valence-electron chi connectivity index (χ4n) is 2.75. The van der Waals surface area contributed by atoms with Crippen molar-refractivity contribution in [1.82, 2.24) is 0 Å². The van der Waals surface area contributed by atoms with Gasteiger partial charge in [-0.1, -0.05) is 24.8 Å². The highest BCUT2D eigenvalue weighted by atomic mass is 32.2. The van der Waals surface area contributed by atoms with Crippen molar-refractivity contribution in [3.63, 3.8) is 0 Å². The maximum Gasteiger partial charge on any atom is 0.119 e. The van der Waals surface area contributed by atoms with Gasteiger partial charge in [0.25, 0.3) is 0 Å². The van der Waals surface area contributed by atoms with Crippen molar-refractivity contribution in [2.45, 2.75) is 44.8 Å². The van der Waals surface area contributed by atoms with E-state index in [2.05, 4.69) is 6.58 Å². The van der Waals surface area contributed by atoms with E-state index in [1.165, 1.54) is 6.26 Å². The van der Waals surface area contributed by atoms with Crippen LogP contribution < -0.4 is 4.74 Å². The lowest BCUT2D eigenvalue weighted by atomic mass is 10.3. The smallest absolute Gasteiger partial charge is 0.119 e. The van der Waals surface area contributed by atoms with Crippen LogP contribution in [0.5, 0.6) is 5.75 Å². The average Bonchev–Trinajstić information content (AvgIpc) is 2.81. The van der Waals surface area contributed by atoms with Gasteiger partial charge in [-0.2, -0.15) is 0 Å². The summed E-state index contributed by atoms with van der Waals surface area (Å²) in [5, 5.41) is 0. The van der Waals surface area contributed by atoms with Crippen LogP contribution in [-0.2, 0) is 33.8 Å². The summed E-state index contributed by atoms with van der Waals surface area (Å²) in [4.78, 5) is 0. The quantitative estimate of drug-likeness (QED) is 0.126. The molecule has 0 fully saturated rings. The van der Waals surface area contributed by atoms with Crippen LogP contribution in [-0.4, -0.2) is 83.8 Å². The topological polar surface area (TPSA) is 113 Å². The molecule has 2 atom stereocenters. The molecule has 9 nitrogen and oxygen atoms in total. The lowest BCUT2D eigenvalue weighted by Crippen LogP contribution is -2.31. The van der Waals surface area contributed by atoms with E-state index in [1.807, 2.05) is 37.3 Å². The lowest BCUT2D eigenvalue weighted by molar-refractivity contribution is -0.0832. The van der Waals surface area contributed by atoms with Gasteiger partial charge in [0.15, 0.2) is 0 Å². The highest BCUT2D eigenvalue weighted by molar-refractivity contribution is 7.85. The average molecular weight is 504 g/mol. The van der Waals surface area contributed by atoms with Gasteiger partial charge >= 0.3 is 0 Å². The van der Waals surface area contributed by atoms with Crippen molar-refractivity contribution in [3.05, 3.63) is 43.2 Å². The predicted octanol–water partition coefficient (Wildman–Crippen LogP) is 3.15. The first-order chi connectivity index (χ1) is 16.4. The molecule has 0 aliphatic heterocycles. The Morgan fingerprint density at radius 1 is 0.882 bits per heavy atom. The van der Waals surface area contributed by atoms with Crippen LogP contribution in [0.3, 0.4) is 0 Å². The van der Waals surface area contributed by atoms with Gasteiger partial charge in [0, 0.05) is 19.0 Å². The molecule has 0 heterocycles. The molecule has 0 N–H and O–H groups in total. The summed E-state index contributed by atoms with van der Waals surface area (Å²) in [6.45, 7) is 8.93. The minimum absolute atomic E-state index is 0.0965. The fourth-order valence-corrected chi connectivity index (χ4v) is 3.31. The molecular weight excluding hydrogens is 464 g/mol. The van der Waals surface area contributed by atoms with Crippen LogP contribution in [0.25, 0.3) is 0 Å². The number of rotatable bonds is 23. The zero-order chi connectivity index (χ0) is 24.9. The molecule has 0 aliphatic carbocycles. The highest BCUT2D eigenvalue weighted by Gasteiger charge is 2.14. The zero-order valence-electron chi connectivity index (χ0n) is 20.1. The van der Waals surface area contributed by atoms with Crippen molar-refractivity contribution >= 4 is 10.1 Å². The molecule has 34 heavy (non-hydrogen) atoms. The van der Waals surface area contributed by atoms with Gasteiger partial charge in [0.1, 0.15) is 18.5 Å². The van der Waals surface area contributed by atoms with Gasteiger partial charge in [0.05, 0.1) is 55.5 Å². The lowest BCUT2D eigenvalue weighted by Gasteiger charge is -2.21. The number of hydrogen-bond donors (Lipinski definition) is 0. The molecule has 0 aromatic heterocycles. The van der Waals surface area contributed by atoms with E-state index in [4.69, 9.17) is 28.4 Å². The summed E-state index contributed by atoms with van der Waals surface area (Å²) in [5.74, 6) is 0.381. The van der Waals surface area contributed by atoms with Crippen molar-refractivity contribution in [2.24, 2.45) is 0 Å². The molecule has 10 heteroatoms. The largest absolute Gasteiger partial charge is 0.748 e. The summed E-state index contributed by atoms with van der Waals surface area (Å²) < 4.78 is 65.5. The van der Waals surface area contributed by atoms with E-state index in [0.29, 0.717) is 59.3 Å². The van der Waals surface area contributed by atoms with Crippen LogP contribution in [0.2, 0.25) is 0 Å². The molecular formula is C24H39O9S-. The standard InChI is InChI=1S/C24H40O9S/c1-3-28-13-7-8-15-30-19-22(2)32-20-24(21-33-23-11-5-4-6-12-23)31-17-16-29-14-9-10-18-34(25,26)27/h3-6,11-12,22,24H,1,7-10,13-21H2,2H3,(H,25,26,27)/p-1. The number of benzene rings is 1. The summed E-state index contributed by atoms with van der Waals surface area (Å²) in [5.41, 5.74) is 0. The maximum absolute atomic E-state index is 10.6. The Kier molecular flexibility index (Phi) is 17.5. The van der Waals surface area contributed by atoms with Gasteiger partial charge in [-0.05, 0) is 44.7 Å². The molecule has 1 aromatic rings. The Morgan fingerprint density at radius 3 is 2.32 bits per heavy atom. The first-order valence-electron chi connectivity index (χ1n) is 11.6.